The molecule has 0 aliphatic rings. The first-order valence-electron chi connectivity index (χ1n) is 4.12. The molecule has 0 rings (SSSR count). The van der Waals surface area contributed by atoms with E-state index in [1.807, 2.05) is 14.1 Å². The van der Waals surface area contributed by atoms with Crippen molar-refractivity contribution in [3.8, 4) is 24.8 Å². The molecular formula is C9H12FeN7. The fourth-order valence-electron chi connectivity index (χ4n) is 0.435. The molecule has 0 amide bonds. The van der Waals surface area contributed by atoms with Crippen LogP contribution in [0.15, 0.2) is 0 Å². The molecule has 0 saturated heterocycles. The van der Waals surface area contributed by atoms with Gasteiger partial charge in [0, 0.05) is 13.1 Å². The van der Waals surface area contributed by atoms with Gasteiger partial charge in [-0.2, -0.15) is 0 Å². The Hall–Kier alpha value is -2.11. The number of nitrogens with two attached hydrogens (primary N) is 1. The second kappa shape index (κ2) is 7.21. The van der Waals surface area contributed by atoms with Gasteiger partial charge in [-0.05, 0) is 14.1 Å². The number of likely N-dealkylation sites (N-methyl/N-ethyl adjacent to an activating group) is 1. The van der Waals surface area contributed by atoms with Gasteiger partial charge in [0.15, 0.2) is 0 Å². The van der Waals surface area contributed by atoms with Crippen LogP contribution < -0.4 is 5.73 Å². The van der Waals surface area contributed by atoms with Crippen LogP contribution in [0.5, 0.6) is 0 Å². The van der Waals surface area contributed by atoms with Gasteiger partial charge in [-0.15, -0.1) is 0 Å². The molecule has 0 aromatic carbocycles. The summed E-state index contributed by atoms with van der Waals surface area (Å²) >= 11 is -4.78. The predicted octanol–water partition coefficient (Wildman–Crippen LogP) is -0.412. The minimum atomic E-state index is -4.78. The molecule has 0 aliphatic heterocycles. The molecule has 0 atom stereocenters. The molecule has 0 spiro atoms. The number of hydrogen-bond acceptors (Lipinski definition) is 7. The first-order chi connectivity index (χ1) is 7.89. The third kappa shape index (κ3) is 4.50. The van der Waals surface area contributed by atoms with E-state index in [0.29, 0.717) is 0 Å². The number of nitriles is 5. The molecule has 0 aromatic rings. The molecule has 0 bridgehead atoms. The molecule has 17 heavy (non-hydrogen) atoms. The zero-order valence-electron chi connectivity index (χ0n) is 9.53. The van der Waals surface area contributed by atoms with Crippen LogP contribution in [0.3, 0.4) is 0 Å². The van der Waals surface area contributed by atoms with E-state index in [2.05, 4.69) is 4.90 Å². The second-order valence-electron chi connectivity index (χ2n) is 2.87. The molecule has 7 nitrogen and oxygen atoms in total. The van der Waals surface area contributed by atoms with E-state index in [1.54, 1.807) is 0 Å². The van der Waals surface area contributed by atoms with Crippen LogP contribution in [-0.4, -0.2) is 32.1 Å². The minimum absolute atomic E-state index is 0.757. The van der Waals surface area contributed by atoms with Crippen LogP contribution in [0, 0.1) is 51.1 Å². The van der Waals surface area contributed by atoms with Crippen LogP contribution in [-0.2, 0) is 11.8 Å². The van der Waals surface area contributed by atoms with E-state index in [9.17, 15) is 0 Å². The fourth-order valence-corrected chi connectivity index (χ4v) is 0.987. The van der Waals surface area contributed by atoms with Crippen molar-refractivity contribution in [2.45, 2.75) is 0 Å². The number of nitrogens with zero attached hydrogens (tertiary/aromatic N) is 6. The molecule has 8 heteroatoms. The molecule has 0 heterocycles. The van der Waals surface area contributed by atoms with Gasteiger partial charge in [-0.1, -0.05) is 0 Å². The molecule has 0 unspecified atom stereocenters. The summed E-state index contributed by atoms with van der Waals surface area (Å²) in [5.41, 5.74) is 5.19. The Morgan fingerprint density at radius 1 is 0.882 bits per heavy atom. The van der Waals surface area contributed by atoms with Crippen LogP contribution in [0.1, 0.15) is 0 Å². The monoisotopic (exact) mass is 274 g/mol. The van der Waals surface area contributed by atoms with Crippen LogP contribution in [0.2, 0.25) is 0 Å². The van der Waals surface area contributed by atoms with E-state index in [1.165, 1.54) is 24.8 Å². The Labute approximate surface area is 101 Å². The summed E-state index contributed by atoms with van der Waals surface area (Å²) in [5, 5.41) is 41.8. The summed E-state index contributed by atoms with van der Waals surface area (Å²) in [6.07, 6.45) is 0. The van der Waals surface area contributed by atoms with Crippen molar-refractivity contribution in [2.24, 2.45) is 5.73 Å². The van der Waals surface area contributed by atoms with E-state index >= 15 is 0 Å². The average Bonchev–Trinajstić information content (AvgIpc) is 2.35. The summed E-state index contributed by atoms with van der Waals surface area (Å²) in [5.74, 6) is 0. The average molecular weight is 274 g/mol. The number of rotatable bonds is 2. The Balaban J connectivity index is 0. The molecule has 0 saturated carbocycles. The maximum absolute atomic E-state index is 8.35. The van der Waals surface area contributed by atoms with Gasteiger partial charge >= 0.3 is 62.9 Å². The maximum atomic E-state index is 8.35. The van der Waals surface area contributed by atoms with Crippen molar-refractivity contribution in [3.63, 3.8) is 0 Å². The van der Waals surface area contributed by atoms with E-state index < -0.39 is 11.8 Å². The van der Waals surface area contributed by atoms with Crippen molar-refractivity contribution in [1.29, 1.82) is 26.3 Å². The van der Waals surface area contributed by atoms with Crippen molar-refractivity contribution in [3.05, 3.63) is 0 Å². The van der Waals surface area contributed by atoms with Crippen LogP contribution in [0.4, 0.5) is 0 Å². The van der Waals surface area contributed by atoms with Crippen LogP contribution >= 0.6 is 0 Å². The first-order valence-corrected chi connectivity index (χ1v) is 6.88. The quantitative estimate of drug-likeness (QED) is 0.672. The van der Waals surface area contributed by atoms with E-state index in [4.69, 9.17) is 32.0 Å². The zero-order chi connectivity index (χ0) is 14.0. The molecule has 2 N–H and O–H groups in total. The van der Waals surface area contributed by atoms with E-state index in [0.717, 1.165) is 13.1 Å². The Morgan fingerprint density at radius 2 is 1.18 bits per heavy atom. The summed E-state index contributed by atoms with van der Waals surface area (Å²) in [6.45, 7) is 1.74. The second-order valence-corrected chi connectivity index (χ2v) is 6.87. The molecule has 91 valence electrons. The first kappa shape index (κ1) is 17.3. The SMILES string of the molecule is CN(C)CCN.N#[C][Fe]([C]#N)([C]#N)([C]#N)[C]#N. The summed E-state index contributed by atoms with van der Waals surface area (Å²) in [6, 6.07) is 0. The Kier molecular flexibility index (Phi) is 7.33. The van der Waals surface area contributed by atoms with Gasteiger partial charge in [-0.25, -0.2) is 0 Å². The van der Waals surface area contributed by atoms with Crippen molar-refractivity contribution in [2.75, 3.05) is 27.2 Å². The van der Waals surface area contributed by atoms with Crippen molar-refractivity contribution in [1.82, 2.24) is 4.90 Å². The van der Waals surface area contributed by atoms with Crippen LogP contribution in [0.25, 0.3) is 0 Å². The zero-order valence-corrected chi connectivity index (χ0v) is 10.6. The van der Waals surface area contributed by atoms with Gasteiger partial charge in [0.05, 0.1) is 0 Å². The molecule has 0 aromatic heterocycles. The van der Waals surface area contributed by atoms with Crippen molar-refractivity contribution < 1.29 is 11.8 Å². The summed E-state index contributed by atoms with van der Waals surface area (Å²) in [4.78, 5) is 8.18. The van der Waals surface area contributed by atoms with Gasteiger partial charge in [0.25, 0.3) is 0 Å². The normalized spacial score (nSPS) is 10.9. The van der Waals surface area contributed by atoms with Gasteiger partial charge < -0.3 is 10.6 Å². The van der Waals surface area contributed by atoms with Crippen molar-refractivity contribution >= 4 is 0 Å². The standard InChI is InChI=1S/C4H12N2.5CN.Fe/c1-6(2)4-3-5;5*1-2;/h3-5H2,1-2H3;;;;;;. The molecule has 0 fully saturated rings. The van der Waals surface area contributed by atoms with E-state index in [-0.39, 0.29) is 0 Å². The third-order valence-electron chi connectivity index (χ3n) is 1.37. The third-order valence-corrected chi connectivity index (χ3v) is 3.84. The Morgan fingerprint density at radius 3 is 1.18 bits per heavy atom. The summed E-state index contributed by atoms with van der Waals surface area (Å²) < 4.78 is 0. The molecule has 0 radical (unpaired) electrons. The van der Waals surface area contributed by atoms with Gasteiger partial charge in [0.2, 0.25) is 0 Å². The topological polar surface area (TPSA) is 148 Å². The fraction of sp³-hybridized carbons (Fsp3) is 0.444. The Bertz CT molecular complexity index is 363. The summed E-state index contributed by atoms with van der Waals surface area (Å²) in [7, 11) is 4.01. The molecule has 0 aliphatic carbocycles. The van der Waals surface area contributed by atoms with Gasteiger partial charge in [-0.3, -0.25) is 0 Å². The molecular weight excluding hydrogens is 262 g/mol. The number of hydrogen-bond donors (Lipinski definition) is 1. The predicted molar refractivity (Wildman–Crippen MR) is 55.7 cm³/mol. The van der Waals surface area contributed by atoms with Gasteiger partial charge in [0.1, 0.15) is 0 Å².